The van der Waals surface area contributed by atoms with E-state index in [1.807, 2.05) is 31.2 Å². The largest absolute Gasteiger partial charge is 0.486 e. The highest BCUT2D eigenvalue weighted by Crippen LogP contribution is 2.32. The van der Waals surface area contributed by atoms with Crippen molar-refractivity contribution in [1.82, 2.24) is 0 Å². The van der Waals surface area contributed by atoms with E-state index in [1.54, 1.807) is 30.3 Å². The van der Waals surface area contributed by atoms with Gasteiger partial charge in [-0.1, -0.05) is 24.3 Å². The number of fused-ring (bicyclic) bond motifs is 1. The standard InChI is InChI=1S/C23H22N2O5S/c1-16-4-2-3-5-17(16)14-23(26)24-18-6-8-19(9-7-18)25-31(27,28)20-10-11-21-22(15-20)30-13-12-29-21/h2-11,15,25H,12-14H2,1H3,(H,24,26). The zero-order chi connectivity index (χ0) is 21.8. The molecule has 4 rings (SSSR count). The summed E-state index contributed by atoms with van der Waals surface area (Å²) in [4.78, 5) is 12.4. The lowest BCUT2D eigenvalue weighted by Crippen LogP contribution is -2.17. The normalized spacial score (nSPS) is 12.8. The lowest BCUT2D eigenvalue weighted by Gasteiger charge is -2.19. The van der Waals surface area contributed by atoms with E-state index >= 15 is 0 Å². The van der Waals surface area contributed by atoms with Crippen LogP contribution in [0.25, 0.3) is 0 Å². The Morgan fingerprint density at radius 2 is 1.58 bits per heavy atom. The molecule has 0 unspecified atom stereocenters. The van der Waals surface area contributed by atoms with Gasteiger partial charge in [0.05, 0.1) is 11.3 Å². The molecule has 1 aliphatic rings. The molecule has 3 aromatic rings. The number of sulfonamides is 1. The quantitative estimate of drug-likeness (QED) is 0.611. The van der Waals surface area contributed by atoms with Crippen LogP contribution in [-0.4, -0.2) is 27.5 Å². The molecule has 0 fully saturated rings. The number of anilines is 2. The summed E-state index contributed by atoms with van der Waals surface area (Å²) in [6.45, 7) is 2.78. The second-order valence-corrected chi connectivity index (χ2v) is 8.82. The van der Waals surface area contributed by atoms with Crippen LogP contribution in [0.4, 0.5) is 11.4 Å². The minimum atomic E-state index is -3.80. The summed E-state index contributed by atoms with van der Waals surface area (Å²) >= 11 is 0. The van der Waals surface area contributed by atoms with E-state index in [4.69, 9.17) is 9.47 Å². The molecule has 160 valence electrons. The number of carbonyl (C=O) groups excluding carboxylic acids is 1. The minimum absolute atomic E-state index is 0.0763. The third kappa shape index (κ3) is 4.97. The Balaban J connectivity index is 1.41. The van der Waals surface area contributed by atoms with Gasteiger partial charge in [0.2, 0.25) is 5.91 Å². The fourth-order valence-corrected chi connectivity index (χ4v) is 4.29. The van der Waals surface area contributed by atoms with E-state index in [9.17, 15) is 13.2 Å². The maximum Gasteiger partial charge on any atom is 0.262 e. The fourth-order valence-electron chi connectivity index (χ4n) is 3.21. The van der Waals surface area contributed by atoms with Crippen molar-refractivity contribution < 1.29 is 22.7 Å². The lowest BCUT2D eigenvalue weighted by atomic mass is 10.1. The number of benzene rings is 3. The Morgan fingerprint density at radius 1 is 0.903 bits per heavy atom. The first-order valence-electron chi connectivity index (χ1n) is 9.78. The van der Waals surface area contributed by atoms with E-state index < -0.39 is 10.0 Å². The molecule has 8 heteroatoms. The van der Waals surface area contributed by atoms with E-state index in [0.29, 0.717) is 36.1 Å². The molecular formula is C23H22N2O5S. The van der Waals surface area contributed by atoms with E-state index in [1.165, 1.54) is 12.1 Å². The van der Waals surface area contributed by atoms with Gasteiger partial charge in [0.15, 0.2) is 11.5 Å². The number of hydrogen-bond acceptors (Lipinski definition) is 5. The summed E-state index contributed by atoms with van der Waals surface area (Å²) in [5.74, 6) is 0.788. The van der Waals surface area contributed by atoms with Gasteiger partial charge in [0.25, 0.3) is 10.0 Å². The van der Waals surface area contributed by atoms with Crippen molar-refractivity contribution in [2.75, 3.05) is 23.3 Å². The summed E-state index contributed by atoms with van der Waals surface area (Å²) < 4.78 is 38.8. The van der Waals surface area contributed by atoms with Crippen LogP contribution in [0.2, 0.25) is 0 Å². The average Bonchev–Trinajstić information content (AvgIpc) is 2.76. The Morgan fingerprint density at radius 3 is 2.32 bits per heavy atom. The predicted molar refractivity (Wildman–Crippen MR) is 118 cm³/mol. The summed E-state index contributed by atoms with van der Waals surface area (Å²) in [6.07, 6.45) is 0.269. The van der Waals surface area contributed by atoms with Crippen LogP contribution in [0.3, 0.4) is 0 Å². The molecule has 31 heavy (non-hydrogen) atoms. The van der Waals surface area contributed by atoms with Crippen LogP contribution in [0.5, 0.6) is 11.5 Å². The summed E-state index contributed by atoms with van der Waals surface area (Å²) in [6, 6.07) is 18.7. The molecule has 0 atom stereocenters. The number of nitrogens with one attached hydrogen (secondary N) is 2. The molecule has 0 saturated carbocycles. The maximum atomic E-state index is 12.7. The maximum absolute atomic E-state index is 12.7. The van der Waals surface area contributed by atoms with Crippen LogP contribution in [0.15, 0.2) is 71.6 Å². The van der Waals surface area contributed by atoms with Crippen LogP contribution < -0.4 is 19.5 Å². The molecule has 1 amide bonds. The molecule has 7 nitrogen and oxygen atoms in total. The van der Waals surface area contributed by atoms with E-state index in [2.05, 4.69) is 10.0 Å². The number of hydrogen-bond donors (Lipinski definition) is 2. The second-order valence-electron chi connectivity index (χ2n) is 7.14. The third-order valence-corrected chi connectivity index (χ3v) is 6.24. The van der Waals surface area contributed by atoms with Crippen molar-refractivity contribution in [3.05, 3.63) is 77.9 Å². The van der Waals surface area contributed by atoms with Gasteiger partial charge in [0, 0.05) is 17.4 Å². The van der Waals surface area contributed by atoms with Gasteiger partial charge >= 0.3 is 0 Å². The summed E-state index contributed by atoms with van der Waals surface area (Å²) in [7, 11) is -3.80. The molecule has 0 aromatic heterocycles. The Hall–Kier alpha value is -3.52. The second kappa shape index (κ2) is 8.69. The van der Waals surface area contributed by atoms with E-state index in [0.717, 1.165) is 11.1 Å². The molecule has 0 aliphatic carbocycles. The molecule has 0 saturated heterocycles. The smallest absolute Gasteiger partial charge is 0.262 e. The van der Waals surface area contributed by atoms with Crippen molar-refractivity contribution in [3.63, 3.8) is 0 Å². The van der Waals surface area contributed by atoms with Gasteiger partial charge < -0.3 is 14.8 Å². The Kier molecular flexibility index (Phi) is 5.81. The number of carbonyl (C=O) groups is 1. The molecule has 1 aliphatic heterocycles. The highest BCUT2D eigenvalue weighted by molar-refractivity contribution is 7.92. The van der Waals surface area contributed by atoms with Crippen LogP contribution in [0.1, 0.15) is 11.1 Å². The van der Waals surface area contributed by atoms with E-state index in [-0.39, 0.29) is 17.2 Å². The predicted octanol–water partition coefficient (Wildman–Crippen LogP) is 3.75. The topological polar surface area (TPSA) is 93.7 Å². The first kappa shape index (κ1) is 20.7. The first-order valence-corrected chi connectivity index (χ1v) is 11.3. The van der Waals surface area contributed by atoms with Gasteiger partial charge in [-0.15, -0.1) is 0 Å². The zero-order valence-corrected chi connectivity index (χ0v) is 17.7. The molecule has 2 N–H and O–H groups in total. The zero-order valence-electron chi connectivity index (χ0n) is 16.9. The van der Waals surface area contributed by atoms with Gasteiger partial charge in [-0.25, -0.2) is 8.42 Å². The van der Waals surface area contributed by atoms with Gasteiger partial charge in [-0.3, -0.25) is 9.52 Å². The molecule has 0 spiro atoms. The van der Waals surface area contributed by atoms with Crippen molar-refractivity contribution in [2.45, 2.75) is 18.2 Å². The van der Waals surface area contributed by atoms with Crippen molar-refractivity contribution >= 4 is 27.3 Å². The van der Waals surface area contributed by atoms with Crippen molar-refractivity contribution in [2.24, 2.45) is 0 Å². The molecular weight excluding hydrogens is 416 g/mol. The lowest BCUT2D eigenvalue weighted by molar-refractivity contribution is -0.115. The van der Waals surface area contributed by atoms with Crippen molar-refractivity contribution in [1.29, 1.82) is 0 Å². The third-order valence-electron chi connectivity index (χ3n) is 4.86. The number of ether oxygens (including phenoxy) is 2. The first-order chi connectivity index (χ1) is 14.9. The summed E-state index contributed by atoms with van der Waals surface area (Å²) in [5, 5.41) is 2.83. The highest BCUT2D eigenvalue weighted by Gasteiger charge is 2.19. The van der Waals surface area contributed by atoms with Gasteiger partial charge in [0.1, 0.15) is 13.2 Å². The average molecular weight is 439 g/mol. The number of rotatable bonds is 6. The highest BCUT2D eigenvalue weighted by atomic mass is 32.2. The number of amides is 1. The fraction of sp³-hybridized carbons (Fsp3) is 0.174. The van der Waals surface area contributed by atoms with Crippen LogP contribution in [-0.2, 0) is 21.2 Å². The minimum Gasteiger partial charge on any atom is -0.486 e. The molecule has 3 aromatic carbocycles. The summed E-state index contributed by atoms with van der Waals surface area (Å²) in [5.41, 5.74) is 2.98. The Bertz CT molecular complexity index is 1210. The SMILES string of the molecule is Cc1ccccc1CC(=O)Nc1ccc(NS(=O)(=O)c2ccc3c(c2)OCCO3)cc1. The van der Waals surface area contributed by atoms with Crippen LogP contribution in [0, 0.1) is 6.92 Å². The van der Waals surface area contributed by atoms with Crippen molar-refractivity contribution in [3.8, 4) is 11.5 Å². The molecule has 0 bridgehead atoms. The van der Waals surface area contributed by atoms with Gasteiger partial charge in [-0.2, -0.15) is 0 Å². The molecule has 0 radical (unpaired) electrons. The monoisotopic (exact) mass is 438 g/mol. The van der Waals surface area contributed by atoms with Crippen LogP contribution >= 0.6 is 0 Å². The van der Waals surface area contributed by atoms with Gasteiger partial charge in [-0.05, 0) is 54.4 Å². The Labute approximate surface area is 181 Å². The number of aryl methyl sites for hydroxylation is 1. The molecule has 1 heterocycles.